The molecular formula is C17H20N2O2. The van der Waals surface area contributed by atoms with Crippen molar-refractivity contribution in [3.05, 3.63) is 60.2 Å². The van der Waals surface area contributed by atoms with E-state index in [4.69, 9.17) is 10.5 Å². The maximum Gasteiger partial charge on any atom is 0.252 e. The lowest BCUT2D eigenvalue weighted by molar-refractivity contribution is -0.124. The summed E-state index contributed by atoms with van der Waals surface area (Å²) in [6.45, 7) is 1.97. The molecule has 0 bridgehead atoms. The van der Waals surface area contributed by atoms with E-state index in [1.54, 1.807) is 24.1 Å². The summed E-state index contributed by atoms with van der Waals surface area (Å²) in [5.74, 6) is -0.0949. The first-order chi connectivity index (χ1) is 10.1. The quantitative estimate of drug-likeness (QED) is 0.859. The number of anilines is 2. The number of rotatable bonds is 5. The lowest BCUT2D eigenvalue weighted by Crippen LogP contribution is -2.30. The lowest BCUT2D eigenvalue weighted by Gasteiger charge is -2.19. The molecule has 1 unspecified atom stereocenters. The van der Waals surface area contributed by atoms with Crippen molar-refractivity contribution in [3.8, 4) is 0 Å². The lowest BCUT2D eigenvalue weighted by atomic mass is 10.1. The minimum absolute atomic E-state index is 0.0386. The van der Waals surface area contributed by atoms with Crippen molar-refractivity contribution < 1.29 is 9.53 Å². The van der Waals surface area contributed by atoms with Gasteiger partial charge >= 0.3 is 0 Å². The van der Waals surface area contributed by atoms with Gasteiger partial charge in [0.2, 0.25) is 0 Å². The van der Waals surface area contributed by atoms with E-state index in [9.17, 15) is 4.79 Å². The standard InChI is InChI=1S/C17H20N2O2/c1-13(14-6-4-3-5-7-14)21-12-17(20)19(2)16-10-8-15(18)9-11-16/h3-11,13H,12,18H2,1-2H3. The summed E-state index contributed by atoms with van der Waals surface area (Å²) in [5, 5.41) is 0. The molecule has 2 N–H and O–H groups in total. The molecule has 0 fully saturated rings. The van der Waals surface area contributed by atoms with Gasteiger partial charge in [-0.3, -0.25) is 4.79 Å². The van der Waals surface area contributed by atoms with Crippen LogP contribution in [0.15, 0.2) is 54.6 Å². The first kappa shape index (κ1) is 15.1. The molecular weight excluding hydrogens is 264 g/mol. The van der Waals surface area contributed by atoms with Gasteiger partial charge in [0.25, 0.3) is 5.91 Å². The normalized spacial score (nSPS) is 11.9. The SMILES string of the molecule is CC(OCC(=O)N(C)c1ccc(N)cc1)c1ccccc1. The van der Waals surface area contributed by atoms with E-state index in [0.29, 0.717) is 5.69 Å². The highest BCUT2D eigenvalue weighted by Gasteiger charge is 2.13. The summed E-state index contributed by atoms with van der Waals surface area (Å²) in [7, 11) is 1.73. The predicted molar refractivity (Wildman–Crippen MR) is 85.1 cm³/mol. The maximum absolute atomic E-state index is 12.1. The molecule has 110 valence electrons. The van der Waals surface area contributed by atoms with E-state index in [1.807, 2.05) is 49.4 Å². The molecule has 0 aliphatic carbocycles. The zero-order valence-electron chi connectivity index (χ0n) is 12.3. The summed E-state index contributed by atoms with van der Waals surface area (Å²) >= 11 is 0. The number of amides is 1. The van der Waals surface area contributed by atoms with E-state index in [1.165, 1.54) is 0 Å². The molecule has 0 saturated heterocycles. The van der Waals surface area contributed by atoms with Crippen LogP contribution in [0.2, 0.25) is 0 Å². The average molecular weight is 284 g/mol. The zero-order valence-corrected chi connectivity index (χ0v) is 12.3. The monoisotopic (exact) mass is 284 g/mol. The summed E-state index contributed by atoms with van der Waals surface area (Å²) < 4.78 is 5.64. The first-order valence-corrected chi connectivity index (χ1v) is 6.86. The average Bonchev–Trinajstić information content (AvgIpc) is 2.53. The van der Waals surface area contributed by atoms with Gasteiger partial charge in [-0.05, 0) is 36.8 Å². The second kappa shape index (κ2) is 6.90. The number of hydrogen-bond donors (Lipinski definition) is 1. The van der Waals surface area contributed by atoms with Crippen molar-refractivity contribution in [3.63, 3.8) is 0 Å². The third kappa shape index (κ3) is 4.07. The molecule has 0 radical (unpaired) electrons. The van der Waals surface area contributed by atoms with Crippen LogP contribution in [0.5, 0.6) is 0 Å². The predicted octanol–water partition coefficient (Wildman–Crippen LogP) is 3.01. The molecule has 0 heterocycles. The molecule has 0 spiro atoms. The van der Waals surface area contributed by atoms with Gasteiger partial charge in [-0.1, -0.05) is 30.3 Å². The Morgan fingerprint density at radius 1 is 1.14 bits per heavy atom. The highest BCUT2D eigenvalue weighted by molar-refractivity contribution is 5.93. The van der Waals surface area contributed by atoms with E-state index < -0.39 is 0 Å². The zero-order chi connectivity index (χ0) is 15.2. The fourth-order valence-corrected chi connectivity index (χ4v) is 1.96. The Bertz CT molecular complexity index is 581. The highest BCUT2D eigenvalue weighted by atomic mass is 16.5. The number of hydrogen-bond acceptors (Lipinski definition) is 3. The molecule has 0 aliphatic heterocycles. The minimum atomic E-state index is -0.116. The number of nitrogens with zero attached hydrogens (tertiary/aromatic N) is 1. The number of nitrogens with two attached hydrogens (primary N) is 1. The van der Waals surface area contributed by atoms with Gasteiger partial charge in [-0.15, -0.1) is 0 Å². The number of nitrogen functional groups attached to an aromatic ring is 1. The topological polar surface area (TPSA) is 55.6 Å². The molecule has 4 nitrogen and oxygen atoms in total. The van der Waals surface area contributed by atoms with Crippen molar-refractivity contribution in [2.45, 2.75) is 13.0 Å². The molecule has 2 rings (SSSR count). The van der Waals surface area contributed by atoms with Crippen LogP contribution in [0.3, 0.4) is 0 Å². The van der Waals surface area contributed by atoms with Gasteiger partial charge in [0, 0.05) is 18.4 Å². The van der Waals surface area contributed by atoms with E-state index in [-0.39, 0.29) is 18.6 Å². The molecule has 0 aliphatic rings. The van der Waals surface area contributed by atoms with Crippen LogP contribution in [-0.2, 0) is 9.53 Å². The van der Waals surface area contributed by atoms with Gasteiger partial charge in [-0.2, -0.15) is 0 Å². The van der Waals surface area contributed by atoms with Gasteiger partial charge in [0.05, 0.1) is 6.10 Å². The van der Waals surface area contributed by atoms with Gasteiger partial charge < -0.3 is 15.4 Å². The van der Waals surface area contributed by atoms with Crippen LogP contribution < -0.4 is 10.6 Å². The van der Waals surface area contributed by atoms with Crippen molar-refractivity contribution in [2.75, 3.05) is 24.3 Å². The van der Waals surface area contributed by atoms with Gasteiger partial charge in [-0.25, -0.2) is 0 Å². The molecule has 2 aromatic carbocycles. The minimum Gasteiger partial charge on any atom is -0.399 e. The molecule has 4 heteroatoms. The summed E-state index contributed by atoms with van der Waals surface area (Å²) in [4.78, 5) is 13.7. The van der Waals surface area contributed by atoms with Crippen LogP contribution in [-0.4, -0.2) is 19.6 Å². The summed E-state index contributed by atoms with van der Waals surface area (Å²) in [6.07, 6.45) is -0.116. The Kier molecular flexibility index (Phi) is 4.95. The van der Waals surface area contributed by atoms with Gasteiger partial charge in [0.1, 0.15) is 6.61 Å². The summed E-state index contributed by atoms with van der Waals surface area (Å²) in [5.41, 5.74) is 8.16. The first-order valence-electron chi connectivity index (χ1n) is 6.86. The molecule has 0 saturated carbocycles. The Morgan fingerprint density at radius 3 is 2.38 bits per heavy atom. The molecule has 1 amide bonds. The van der Waals surface area contributed by atoms with Crippen LogP contribution in [0, 0.1) is 0 Å². The number of benzene rings is 2. The number of ether oxygens (including phenoxy) is 1. The molecule has 2 aromatic rings. The Labute approximate surface area is 125 Å². The number of carbonyl (C=O) groups is 1. The maximum atomic E-state index is 12.1. The Morgan fingerprint density at radius 2 is 1.76 bits per heavy atom. The van der Waals surface area contributed by atoms with Crippen LogP contribution >= 0.6 is 0 Å². The second-order valence-electron chi connectivity index (χ2n) is 4.91. The van der Waals surface area contributed by atoms with Gasteiger partial charge in [0.15, 0.2) is 0 Å². The highest BCUT2D eigenvalue weighted by Crippen LogP contribution is 2.18. The third-order valence-corrected chi connectivity index (χ3v) is 3.38. The fourth-order valence-electron chi connectivity index (χ4n) is 1.96. The van der Waals surface area contributed by atoms with Crippen molar-refractivity contribution in [2.24, 2.45) is 0 Å². The molecule has 21 heavy (non-hydrogen) atoms. The largest absolute Gasteiger partial charge is 0.399 e. The van der Waals surface area contributed by atoms with Crippen LogP contribution in [0.1, 0.15) is 18.6 Å². The van der Waals surface area contributed by atoms with Crippen LogP contribution in [0.4, 0.5) is 11.4 Å². The van der Waals surface area contributed by atoms with Crippen molar-refractivity contribution in [1.82, 2.24) is 0 Å². The van der Waals surface area contributed by atoms with Crippen molar-refractivity contribution >= 4 is 17.3 Å². The van der Waals surface area contributed by atoms with E-state index in [0.717, 1.165) is 11.3 Å². The molecule has 1 atom stereocenters. The third-order valence-electron chi connectivity index (χ3n) is 3.38. The fraction of sp³-hybridized carbons (Fsp3) is 0.235. The van der Waals surface area contributed by atoms with E-state index in [2.05, 4.69) is 0 Å². The summed E-state index contributed by atoms with van der Waals surface area (Å²) in [6, 6.07) is 17.0. The second-order valence-corrected chi connectivity index (χ2v) is 4.91. The smallest absolute Gasteiger partial charge is 0.252 e. The Hall–Kier alpha value is -2.33. The Balaban J connectivity index is 1.91. The van der Waals surface area contributed by atoms with Crippen LogP contribution in [0.25, 0.3) is 0 Å². The van der Waals surface area contributed by atoms with Crippen molar-refractivity contribution in [1.29, 1.82) is 0 Å². The number of likely N-dealkylation sites (N-methyl/N-ethyl adjacent to an activating group) is 1. The number of carbonyl (C=O) groups excluding carboxylic acids is 1. The molecule has 0 aromatic heterocycles. The van der Waals surface area contributed by atoms with E-state index >= 15 is 0 Å².